The van der Waals surface area contributed by atoms with E-state index in [1.54, 1.807) is 0 Å². The minimum atomic E-state index is -0.411. The molecule has 0 amide bonds. The third-order valence-electron chi connectivity index (χ3n) is 11.2. The second-order valence-corrected chi connectivity index (χ2v) is 14.6. The number of nitro benzene ring substituents is 1. The van der Waals surface area contributed by atoms with Crippen molar-refractivity contribution in [1.82, 2.24) is 0 Å². The molecule has 2 aliphatic carbocycles. The Balaban J connectivity index is 1.34. The van der Waals surface area contributed by atoms with Crippen LogP contribution in [0.2, 0.25) is 0 Å². The van der Waals surface area contributed by atoms with E-state index in [9.17, 15) is 10.1 Å². The van der Waals surface area contributed by atoms with Gasteiger partial charge in [0, 0.05) is 33.7 Å². The lowest BCUT2D eigenvalue weighted by molar-refractivity contribution is -0.383. The van der Waals surface area contributed by atoms with Crippen molar-refractivity contribution in [2.45, 2.75) is 45.4 Å². The molecule has 4 heteroatoms. The van der Waals surface area contributed by atoms with E-state index in [0.717, 1.165) is 33.6 Å². The summed E-state index contributed by atoms with van der Waals surface area (Å²) in [7, 11) is 0. The molecular weight excluding hydrogens is 601 g/mol. The minimum Gasteiger partial charge on any atom is -0.310 e. The number of nitro groups is 1. The number of fused-ring (bicyclic) bond motifs is 10. The topological polar surface area (TPSA) is 46.4 Å². The Morgan fingerprint density at radius 1 is 0.531 bits per heavy atom. The van der Waals surface area contributed by atoms with Crippen molar-refractivity contribution in [3.05, 3.63) is 165 Å². The van der Waals surface area contributed by atoms with E-state index >= 15 is 0 Å². The van der Waals surface area contributed by atoms with Crippen LogP contribution in [0, 0.1) is 17.0 Å². The second kappa shape index (κ2) is 10.1. The monoisotopic (exact) mass is 636 g/mol. The smallest absolute Gasteiger partial charge is 0.277 e. The molecule has 0 saturated heterocycles. The van der Waals surface area contributed by atoms with E-state index in [4.69, 9.17) is 0 Å². The van der Waals surface area contributed by atoms with Gasteiger partial charge in [0.25, 0.3) is 5.69 Å². The van der Waals surface area contributed by atoms with Gasteiger partial charge in [-0.15, -0.1) is 0 Å². The van der Waals surface area contributed by atoms with Crippen LogP contribution in [0.15, 0.2) is 127 Å². The molecule has 0 atom stereocenters. The molecule has 7 aromatic rings. The van der Waals surface area contributed by atoms with E-state index in [-0.39, 0.29) is 16.0 Å². The van der Waals surface area contributed by atoms with Crippen molar-refractivity contribution in [2.24, 2.45) is 0 Å². The molecule has 4 nitrogen and oxygen atoms in total. The van der Waals surface area contributed by atoms with Crippen LogP contribution in [0.4, 0.5) is 22.7 Å². The van der Waals surface area contributed by atoms with Gasteiger partial charge in [0.05, 0.1) is 16.0 Å². The standard InChI is InChI=1S/C45H36N2O2/c1-27-15-9-14-22-39(27)46(28-16-7-6-8-17-28)40-25-37-42(31-20-12-10-18-29(31)40)33-23-36-34(24-35(33)44(37,2)3)43-32-21-13-11-19-30(32)41(47(48)49)26-38(43)45(36,4)5/h6-26H,1-5H3. The van der Waals surface area contributed by atoms with E-state index in [1.807, 2.05) is 30.3 Å². The molecule has 0 aliphatic heterocycles. The Bertz CT molecular complexity index is 2550. The molecule has 2 aliphatic rings. The summed E-state index contributed by atoms with van der Waals surface area (Å²) >= 11 is 0. The molecule has 0 unspecified atom stereocenters. The average Bonchev–Trinajstić information content (AvgIpc) is 3.47. The maximum absolute atomic E-state index is 12.3. The van der Waals surface area contributed by atoms with Crippen LogP contribution >= 0.6 is 0 Å². The van der Waals surface area contributed by atoms with Crippen LogP contribution in [0.5, 0.6) is 0 Å². The number of rotatable bonds is 4. The number of nitrogens with zero attached hydrogens (tertiary/aromatic N) is 2. The van der Waals surface area contributed by atoms with Gasteiger partial charge in [0.15, 0.2) is 0 Å². The summed E-state index contributed by atoms with van der Waals surface area (Å²) in [5.74, 6) is 0. The first-order chi connectivity index (χ1) is 23.6. The average molecular weight is 637 g/mol. The van der Waals surface area contributed by atoms with E-state index < -0.39 is 5.41 Å². The van der Waals surface area contributed by atoms with Crippen molar-refractivity contribution in [3.63, 3.8) is 0 Å². The second-order valence-electron chi connectivity index (χ2n) is 14.6. The highest BCUT2D eigenvalue weighted by molar-refractivity contribution is 6.12. The molecule has 0 saturated carbocycles. The maximum atomic E-state index is 12.3. The molecule has 0 heterocycles. The van der Waals surface area contributed by atoms with Gasteiger partial charge < -0.3 is 4.90 Å². The van der Waals surface area contributed by atoms with Crippen molar-refractivity contribution in [3.8, 4) is 22.3 Å². The zero-order valence-corrected chi connectivity index (χ0v) is 28.3. The predicted octanol–water partition coefficient (Wildman–Crippen LogP) is 12.3. The number of para-hydroxylation sites is 2. The van der Waals surface area contributed by atoms with Crippen molar-refractivity contribution >= 4 is 44.3 Å². The molecule has 0 spiro atoms. The van der Waals surface area contributed by atoms with E-state index in [1.165, 1.54) is 49.7 Å². The maximum Gasteiger partial charge on any atom is 0.277 e. The highest BCUT2D eigenvalue weighted by atomic mass is 16.6. The SMILES string of the molecule is Cc1ccccc1N(c1ccccc1)c1cc2c(c3ccccc13)-c1cc3c(cc1C2(C)C)-c1c(cc([N+](=O)[O-])c2ccccc12)C3(C)C. The minimum absolute atomic E-state index is 0.170. The molecule has 49 heavy (non-hydrogen) atoms. The van der Waals surface area contributed by atoms with E-state index in [0.29, 0.717) is 5.39 Å². The van der Waals surface area contributed by atoms with Crippen LogP contribution in [-0.4, -0.2) is 4.92 Å². The number of anilines is 3. The quantitative estimate of drug-likeness (QED) is 0.143. The first-order valence-electron chi connectivity index (χ1n) is 17.0. The van der Waals surface area contributed by atoms with Gasteiger partial charge >= 0.3 is 0 Å². The van der Waals surface area contributed by atoms with Gasteiger partial charge in [-0.25, -0.2) is 0 Å². The fourth-order valence-electron chi connectivity index (χ4n) is 8.75. The summed E-state index contributed by atoms with van der Waals surface area (Å²) in [5.41, 5.74) is 13.8. The lowest BCUT2D eigenvalue weighted by atomic mass is 9.79. The van der Waals surface area contributed by atoms with Gasteiger partial charge in [-0.3, -0.25) is 10.1 Å². The number of benzene rings is 7. The molecular formula is C45H36N2O2. The lowest BCUT2D eigenvalue weighted by Gasteiger charge is -2.30. The molecule has 238 valence electrons. The molecule has 0 aromatic heterocycles. The Kier molecular flexibility index (Phi) is 6.08. The third-order valence-corrected chi connectivity index (χ3v) is 11.2. The molecule has 7 aromatic carbocycles. The summed E-state index contributed by atoms with van der Waals surface area (Å²) in [6, 6.07) is 45.0. The van der Waals surface area contributed by atoms with Crippen LogP contribution in [0.25, 0.3) is 43.8 Å². The van der Waals surface area contributed by atoms with Crippen LogP contribution < -0.4 is 4.90 Å². The fraction of sp³-hybridized carbons (Fsp3) is 0.156. The third kappa shape index (κ3) is 3.98. The largest absolute Gasteiger partial charge is 0.310 e. The van der Waals surface area contributed by atoms with Crippen LogP contribution in [0.1, 0.15) is 55.5 Å². The Hall–Kier alpha value is -5.74. The summed E-state index contributed by atoms with van der Waals surface area (Å²) < 4.78 is 0. The highest BCUT2D eigenvalue weighted by Gasteiger charge is 2.44. The number of non-ortho nitro benzene ring substituents is 1. The Morgan fingerprint density at radius 2 is 1.02 bits per heavy atom. The van der Waals surface area contributed by atoms with Crippen LogP contribution in [0.3, 0.4) is 0 Å². The fourth-order valence-corrected chi connectivity index (χ4v) is 8.75. The molecule has 0 bridgehead atoms. The predicted molar refractivity (Wildman–Crippen MR) is 203 cm³/mol. The summed E-state index contributed by atoms with van der Waals surface area (Å²) in [6.45, 7) is 11.3. The van der Waals surface area contributed by atoms with Crippen LogP contribution in [-0.2, 0) is 10.8 Å². The molecule has 0 fully saturated rings. The lowest BCUT2D eigenvalue weighted by Crippen LogP contribution is -2.18. The highest BCUT2D eigenvalue weighted by Crippen LogP contribution is 2.60. The summed E-state index contributed by atoms with van der Waals surface area (Å²) in [5, 5.41) is 16.3. The Morgan fingerprint density at radius 3 is 1.61 bits per heavy atom. The number of hydrogen-bond donors (Lipinski definition) is 0. The zero-order valence-electron chi connectivity index (χ0n) is 28.3. The van der Waals surface area contributed by atoms with E-state index in [2.05, 4.69) is 137 Å². The van der Waals surface area contributed by atoms with Gasteiger partial charge in [0.2, 0.25) is 0 Å². The normalized spacial score (nSPS) is 14.7. The first kappa shape index (κ1) is 29.4. The number of hydrogen-bond acceptors (Lipinski definition) is 3. The number of aryl methyl sites for hydroxylation is 1. The first-order valence-corrected chi connectivity index (χ1v) is 17.0. The summed E-state index contributed by atoms with van der Waals surface area (Å²) in [4.78, 5) is 14.5. The van der Waals surface area contributed by atoms with Crippen molar-refractivity contribution < 1.29 is 4.92 Å². The Labute approximate surface area is 286 Å². The summed E-state index contributed by atoms with van der Waals surface area (Å²) in [6.07, 6.45) is 0. The molecule has 9 rings (SSSR count). The molecule has 0 N–H and O–H groups in total. The van der Waals surface area contributed by atoms with Gasteiger partial charge in [0.1, 0.15) is 0 Å². The van der Waals surface area contributed by atoms with Gasteiger partial charge in [-0.1, -0.05) is 107 Å². The van der Waals surface area contributed by atoms with Gasteiger partial charge in [-0.2, -0.15) is 0 Å². The van der Waals surface area contributed by atoms with Crippen molar-refractivity contribution in [1.29, 1.82) is 0 Å². The van der Waals surface area contributed by atoms with Gasteiger partial charge in [-0.05, 0) is 110 Å². The zero-order chi connectivity index (χ0) is 33.8. The molecule has 0 radical (unpaired) electrons. The van der Waals surface area contributed by atoms with Crippen molar-refractivity contribution in [2.75, 3.05) is 4.90 Å².